The fraction of sp³-hybridized carbons (Fsp3) is 0.625. The summed E-state index contributed by atoms with van der Waals surface area (Å²) in [4.78, 5) is 0. The first-order valence-electron chi connectivity index (χ1n) is 7.47. The molecule has 1 aliphatic rings. The molecule has 0 spiro atoms. The molecule has 1 fully saturated rings. The lowest BCUT2D eigenvalue weighted by Gasteiger charge is -2.22. The third kappa shape index (κ3) is 4.84. The van der Waals surface area contributed by atoms with Crippen molar-refractivity contribution in [2.75, 3.05) is 11.9 Å². The number of hydrogen-bond acceptors (Lipinski definition) is 3. The Morgan fingerprint density at radius 3 is 3.11 bits per heavy atom. The summed E-state index contributed by atoms with van der Waals surface area (Å²) in [6.45, 7) is 3.50. The highest BCUT2D eigenvalue weighted by Crippen LogP contribution is 2.16. The summed E-state index contributed by atoms with van der Waals surface area (Å²) in [7, 11) is 0. The van der Waals surface area contributed by atoms with E-state index in [0.29, 0.717) is 12.1 Å². The first kappa shape index (κ1) is 14.4. The summed E-state index contributed by atoms with van der Waals surface area (Å²) in [5.41, 5.74) is 2.07. The van der Waals surface area contributed by atoms with E-state index in [-0.39, 0.29) is 6.61 Å². The second-order valence-electron chi connectivity index (χ2n) is 5.64. The van der Waals surface area contributed by atoms with Crippen molar-refractivity contribution in [2.45, 2.75) is 57.7 Å². The van der Waals surface area contributed by atoms with E-state index in [0.717, 1.165) is 24.2 Å². The van der Waals surface area contributed by atoms with Crippen molar-refractivity contribution in [3.05, 3.63) is 29.8 Å². The Balaban J connectivity index is 1.83. The molecule has 0 saturated carbocycles. The minimum absolute atomic E-state index is 0.105. The molecule has 3 heteroatoms. The lowest BCUT2D eigenvalue weighted by atomic mass is 10.0. The van der Waals surface area contributed by atoms with Crippen LogP contribution < -0.4 is 10.6 Å². The summed E-state index contributed by atoms with van der Waals surface area (Å²) >= 11 is 0. The summed E-state index contributed by atoms with van der Waals surface area (Å²) in [6.07, 6.45) is 6.48. The van der Waals surface area contributed by atoms with Crippen LogP contribution in [-0.4, -0.2) is 23.7 Å². The maximum absolute atomic E-state index is 9.15. The minimum Gasteiger partial charge on any atom is -0.392 e. The Bertz CT molecular complexity index is 373. The predicted octanol–water partition coefficient (Wildman–Crippen LogP) is 2.90. The van der Waals surface area contributed by atoms with Gasteiger partial charge in [-0.1, -0.05) is 25.0 Å². The molecule has 3 nitrogen and oxygen atoms in total. The SMILES string of the molecule is CC(CC1CCCCCN1)Nc1cccc(CO)c1. The number of aliphatic hydroxyl groups is 1. The number of nitrogens with one attached hydrogen (secondary N) is 2. The third-order valence-electron chi connectivity index (χ3n) is 3.82. The van der Waals surface area contributed by atoms with Gasteiger partial charge in [0.1, 0.15) is 0 Å². The van der Waals surface area contributed by atoms with Crippen LogP contribution in [0.5, 0.6) is 0 Å². The zero-order chi connectivity index (χ0) is 13.5. The zero-order valence-corrected chi connectivity index (χ0v) is 11.9. The Morgan fingerprint density at radius 1 is 1.37 bits per heavy atom. The van der Waals surface area contributed by atoms with Gasteiger partial charge in [-0.05, 0) is 50.4 Å². The largest absolute Gasteiger partial charge is 0.392 e. The number of rotatable bonds is 5. The monoisotopic (exact) mass is 262 g/mol. The normalized spacial score (nSPS) is 21.7. The Labute approximate surface area is 116 Å². The second-order valence-corrected chi connectivity index (χ2v) is 5.64. The van der Waals surface area contributed by atoms with Gasteiger partial charge in [0.15, 0.2) is 0 Å². The number of benzene rings is 1. The highest BCUT2D eigenvalue weighted by Gasteiger charge is 2.14. The van der Waals surface area contributed by atoms with E-state index < -0.39 is 0 Å². The number of anilines is 1. The highest BCUT2D eigenvalue weighted by atomic mass is 16.3. The molecule has 2 unspecified atom stereocenters. The molecule has 1 saturated heterocycles. The number of hydrogen-bond donors (Lipinski definition) is 3. The molecule has 19 heavy (non-hydrogen) atoms. The standard InChI is InChI=1S/C16H26N2O/c1-13(10-15-7-3-2-4-9-17-15)18-16-8-5-6-14(11-16)12-19/h5-6,8,11,13,15,17-19H,2-4,7,9-10,12H2,1H3. The topological polar surface area (TPSA) is 44.3 Å². The maximum Gasteiger partial charge on any atom is 0.0682 e. The van der Waals surface area contributed by atoms with E-state index in [4.69, 9.17) is 5.11 Å². The Hall–Kier alpha value is -1.06. The number of aliphatic hydroxyl groups excluding tert-OH is 1. The molecular weight excluding hydrogens is 236 g/mol. The smallest absolute Gasteiger partial charge is 0.0682 e. The molecule has 0 radical (unpaired) electrons. The molecule has 0 bridgehead atoms. The van der Waals surface area contributed by atoms with E-state index in [9.17, 15) is 0 Å². The lowest BCUT2D eigenvalue weighted by molar-refractivity contribution is 0.282. The fourth-order valence-corrected chi connectivity index (χ4v) is 2.83. The van der Waals surface area contributed by atoms with E-state index in [2.05, 4.69) is 23.6 Å². The first-order chi connectivity index (χ1) is 9.28. The predicted molar refractivity (Wildman–Crippen MR) is 80.3 cm³/mol. The maximum atomic E-state index is 9.15. The van der Waals surface area contributed by atoms with Crippen molar-refractivity contribution in [1.82, 2.24) is 5.32 Å². The molecule has 2 rings (SSSR count). The summed E-state index contributed by atoms with van der Waals surface area (Å²) in [6, 6.07) is 9.12. The van der Waals surface area contributed by atoms with Crippen molar-refractivity contribution < 1.29 is 5.11 Å². The van der Waals surface area contributed by atoms with Gasteiger partial charge in [0.2, 0.25) is 0 Å². The van der Waals surface area contributed by atoms with E-state index in [1.807, 2.05) is 18.2 Å². The van der Waals surface area contributed by atoms with Crippen molar-refractivity contribution in [3.8, 4) is 0 Å². The molecule has 1 heterocycles. The van der Waals surface area contributed by atoms with E-state index >= 15 is 0 Å². The van der Waals surface area contributed by atoms with Gasteiger partial charge in [-0.2, -0.15) is 0 Å². The summed E-state index contributed by atoms with van der Waals surface area (Å²) in [5.74, 6) is 0. The molecule has 0 aliphatic carbocycles. The van der Waals surface area contributed by atoms with Crippen molar-refractivity contribution in [3.63, 3.8) is 0 Å². The molecule has 2 atom stereocenters. The quantitative estimate of drug-likeness (QED) is 0.764. The Kier molecular flexibility index (Phi) is 5.67. The van der Waals surface area contributed by atoms with E-state index in [1.165, 1.54) is 25.7 Å². The molecule has 0 amide bonds. The van der Waals surface area contributed by atoms with Crippen LogP contribution in [0.15, 0.2) is 24.3 Å². The van der Waals surface area contributed by atoms with Crippen LogP contribution in [0.3, 0.4) is 0 Å². The summed E-state index contributed by atoms with van der Waals surface area (Å²) in [5, 5.41) is 16.3. The molecule has 1 aromatic rings. The average molecular weight is 262 g/mol. The van der Waals surface area contributed by atoms with Gasteiger partial charge in [-0.3, -0.25) is 0 Å². The van der Waals surface area contributed by atoms with Crippen LogP contribution in [0.2, 0.25) is 0 Å². The fourth-order valence-electron chi connectivity index (χ4n) is 2.83. The van der Waals surface area contributed by atoms with Crippen LogP contribution in [0.25, 0.3) is 0 Å². The van der Waals surface area contributed by atoms with Crippen LogP contribution in [-0.2, 0) is 6.61 Å². The lowest BCUT2D eigenvalue weighted by Crippen LogP contribution is -2.33. The molecule has 1 aromatic carbocycles. The van der Waals surface area contributed by atoms with Crippen molar-refractivity contribution in [2.24, 2.45) is 0 Å². The Morgan fingerprint density at radius 2 is 2.26 bits per heavy atom. The van der Waals surface area contributed by atoms with Gasteiger partial charge in [0.05, 0.1) is 6.61 Å². The van der Waals surface area contributed by atoms with Crippen LogP contribution >= 0.6 is 0 Å². The van der Waals surface area contributed by atoms with Crippen molar-refractivity contribution in [1.29, 1.82) is 0 Å². The van der Waals surface area contributed by atoms with Crippen LogP contribution in [0.1, 0.15) is 44.6 Å². The molecule has 0 aromatic heterocycles. The van der Waals surface area contributed by atoms with Crippen LogP contribution in [0, 0.1) is 0 Å². The van der Waals surface area contributed by atoms with Gasteiger partial charge in [-0.25, -0.2) is 0 Å². The molecular formula is C16H26N2O. The zero-order valence-electron chi connectivity index (χ0n) is 11.9. The molecule has 106 valence electrons. The first-order valence-corrected chi connectivity index (χ1v) is 7.47. The average Bonchev–Trinajstić information content (AvgIpc) is 2.67. The van der Waals surface area contributed by atoms with Crippen molar-refractivity contribution >= 4 is 5.69 Å². The van der Waals surface area contributed by atoms with Gasteiger partial charge >= 0.3 is 0 Å². The summed E-state index contributed by atoms with van der Waals surface area (Å²) < 4.78 is 0. The highest BCUT2D eigenvalue weighted by molar-refractivity contribution is 5.46. The van der Waals surface area contributed by atoms with Gasteiger partial charge in [0, 0.05) is 17.8 Å². The van der Waals surface area contributed by atoms with Gasteiger partial charge < -0.3 is 15.7 Å². The van der Waals surface area contributed by atoms with Gasteiger partial charge in [0.25, 0.3) is 0 Å². The molecule has 3 N–H and O–H groups in total. The third-order valence-corrected chi connectivity index (χ3v) is 3.82. The van der Waals surface area contributed by atoms with E-state index in [1.54, 1.807) is 0 Å². The van der Waals surface area contributed by atoms with Crippen LogP contribution in [0.4, 0.5) is 5.69 Å². The molecule has 1 aliphatic heterocycles. The minimum atomic E-state index is 0.105. The second kappa shape index (κ2) is 7.51. The van der Waals surface area contributed by atoms with Gasteiger partial charge in [-0.15, -0.1) is 0 Å².